The fraction of sp³-hybridized carbons (Fsp3) is 0.611. The van der Waals surface area contributed by atoms with Gasteiger partial charge in [-0.25, -0.2) is 0 Å². The first-order chi connectivity index (χ1) is 10.5. The van der Waals surface area contributed by atoms with Crippen molar-refractivity contribution < 1.29 is 4.79 Å². The largest absolute Gasteiger partial charge is 0.371 e. The summed E-state index contributed by atoms with van der Waals surface area (Å²) < 4.78 is 0. The predicted molar refractivity (Wildman–Crippen MR) is 101 cm³/mol. The quantitative estimate of drug-likeness (QED) is 0.854. The number of amides is 1. The molecule has 1 atom stereocenters. The summed E-state index contributed by atoms with van der Waals surface area (Å²) in [5, 5.41) is 2.97. The second-order valence-electron chi connectivity index (χ2n) is 6.57. The van der Waals surface area contributed by atoms with Crippen molar-refractivity contribution in [2.45, 2.75) is 57.9 Å². The number of rotatable bonds is 5. The van der Waals surface area contributed by atoms with E-state index in [9.17, 15) is 4.79 Å². The van der Waals surface area contributed by atoms with Crippen LogP contribution in [0, 0.1) is 0 Å². The number of nitrogens with one attached hydrogen (secondary N) is 1. The first-order valence-electron chi connectivity index (χ1n) is 8.48. The summed E-state index contributed by atoms with van der Waals surface area (Å²) >= 11 is 0. The van der Waals surface area contributed by atoms with Gasteiger partial charge < -0.3 is 16.0 Å². The van der Waals surface area contributed by atoms with Gasteiger partial charge in [0, 0.05) is 24.5 Å². The molecule has 2 rings (SSSR count). The maximum absolute atomic E-state index is 12.3. The van der Waals surface area contributed by atoms with Crippen LogP contribution in [0.5, 0.6) is 0 Å². The molecule has 0 radical (unpaired) electrons. The Morgan fingerprint density at radius 3 is 2.52 bits per heavy atom. The summed E-state index contributed by atoms with van der Waals surface area (Å²) in [5.74, 6) is -0.109. The average molecular weight is 340 g/mol. The Hall–Kier alpha value is -1.26. The molecule has 1 aromatic rings. The van der Waals surface area contributed by atoms with Crippen molar-refractivity contribution in [3.05, 3.63) is 24.3 Å². The molecule has 23 heavy (non-hydrogen) atoms. The molecule has 1 aromatic carbocycles. The van der Waals surface area contributed by atoms with Crippen LogP contribution >= 0.6 is 12.4 Å². The molecule has 0 aliphatic carbocycles. The standard InChI is InChI=1S/C18H29N3O.ClH/c1-3-11-18(2,19)17(22)20-15-9-8-10-16(14-15)21-12-6-4-5-7-13-21;/h8-10,14H,3-7,11-13,19H2,1-2H3,(H,20,22);1H. The van der Waals surface area contributed by atoms with Crippen LogP contribution < -0.4 is 16.0 Å². The number of nitrogens with zero attached hydrogens (tertiary/aromatic N) is 1. The number of carbonyl (C=O) groups excluding carboxylic acids is 1. The van der Waals surface area contributed by atoms with Gasteiger partial charge in [0.15, 0.2) is 0 Å². The maximum Gasteiger partial charge on any atom is 0.244 e. The summed E-state index contributed by atoms with van der Waals surface area (Å²) in [6.07, 6.45) is 6.70. The van der Waals surface area contributed by atoms with E-state index >= 15 is 0 Å². The highest BCUT2D eigenvalue weighted by molar-refractivity contribution is 5.97. The van der Waals surface area contributed by atoms with Crippen LogP contribution in [0.3, 0.4) is 0 Å². The highest BCUT2D eigenvalue weighted by Crippen LogP contribution is 2.23. The number of nitrogens with two attached hydrogens (primary N) is 1. The van der Waals surface area contributed by atoms with Crippen molar-refractivity contribution in [1.29, 1.82) is 0 Å². The number of hydrogen-bond donors (Lipinski definition) is 2. The Morgan fingerprint density at radius 1 is 1.26 bits per heavy atom. The number of halogens is 1. The Labute approximate surface area is 146 Å². The van der Waals surface area contributed by atoms with Crippen molar-refractivity contribution in [3.63, 3.8) is 0 Å². The van der Waals surface area contributed by atoms with E-state index in [4.69, 9.17) is 5.73 Å². The van der Waals surface area contributed by atoms with Crippen molar-refractivity contribution in [1.82, 2.24) is 0 Å². The van der Waals surface area contributed by atoms with Crippen LogP contribution in [0.15, 0.2) is 24.3 Å². The van der Waals surface area contributed by atoms with Crippen molar-refractivity contribution in [2.24, 2.45) is 5.73 Å². The normalized spacial score (nSPS) is 17.6. The lowest BCUT2D eigenvalue weighted by atomic mass is 9.96. The second kappa shape index (κ2) is 9.14. The zero-order valence-corrected chi connectivity index (χ0v) is 15.1. The van der Waals surface area contributed by atoms with Gasteiger partial charge in [-0.1, -0.05) is 32.3 Å². The molecule has 5 heteroatoms. The lowest BCUT2D eigenvalue weighted by Gasteiger charge is -2.25. The van der Waals surface area contributed by atoms with Gasteiger partial charge in [-0.15, -0.1) is 12.4 Å². The molecule has 4 nitrogen and oxygen atoms in total. The van der Waals surface area contributed by atoms with Crippen molar-refractivity contribution >= 4 is 29.7 Å². The molecule has 1 aliphatic heterocycles. The van der Waals surface area contributed by atoms with Crippen LogP contribution in [0.25, 0.3) is 0 Å². The van der Waals surface area contributed by atoms with E-state index in [0.717, 1.165) is 25.2 Å². The SMILES string of the molecule is CCCC(C)(N)C(=O)Nc1cccc(N2CCCCCC2)c1.Cl. The molecular weight excluding hydrogens is 310 g/mol. The van der Waals surface area contributed by atoms with Crippen molar-refractivity contribution in [2.75, 3.05) is 23.3 Å². The summed E-state index contributed by atoms with van der Waals surface area (Å²) in [5.41, 5.74) is 7.31. The van der Waals surface area contributed by atoms with Crippen LogP contribution in [0.1, 0.15) is 52.4 Å². The molecule has 0 spiro atoms. The first-order valence-corrected chi connectivity index (χ1v) is 8.48. The fourth-order valence-corrected chi connectivity index (χ4v) is 3.02. The minimum atomic E-state index is -0.812. The molecule has 1 aliphatic rings. The third-order valence-corrected chi connectivity index (χ3v) is 4.36. The summed E-state index contributed by atoms with van der Waals surface area (Å²) in [6.45, 7) is 6.03. The van der Waals surface area contributed by atoms with E-state index in [1.54, 1.807) is 6.92 Å². The highest BCUT2D eigenvalue weighted by atomic mass is 35.5. The summed E-state index contributed by atoms with van der Waals surface area (Å²) in [7, 11) is 0. The zero-order chi connectivity index (χ0) is 16.0. The van der Waals surface area contributed by atoms with E-state index in [-0.39, 0.29) is 18.3 Å². The van der Waals surface area contributed by atoms with Gasteiger partial charge in [0.25, 0.3) is 0 Å². The molecule has 1 saturated heterocycles. The van der Waals surface area contributed by atoms with E-state index in [2.05, 4.69) is 22.3 Å². The molecule has 1 fully saturated rings. The number of benzene rings is 1. The smallest absolute Gasteiger partial charge is 0.244 e. The predicted octanol–water partition coefficient (Wildman–Crippen LogP) is 3.94. The molecule has 130 valence electrons. The van der Waals surface area contributed by atoms with E-state index < -0.39 is 5.54 Å². The lowest BCUT2D eigenvalue weighted by molar-refractivity contribution is -0.120. The zero-order valence-electron chi connectivity index (χ0n) is 14.3. The minimum Gasteiger partial charge on any atom is -0.371 e. The molecular formula is C18H30ClN3O. The van der Waals surface area contributed by atoms with Crippen LogP contribution in [-0.4, -0.2) is 24.5 Å². The van der Waals surface area contributed by atoms with Gasteiger partial charge >= 0.3 is 0 Å². The van der Waals surface area contributed by atoms with E-state index in [1.165, 1.54) is 31.4 Å². The summed E-state index contributed by atoms with van der Waals surface area (Å²) in [6, 6.07) is 8.12. The van der Waals surface area contributed by atoms with Gasteiger partial charge in [0.1, 0.15) is 0 Å². The third-order valence-electron chi connectivity index (χ3n) is 4.36. The fourth-order valence-electron chi connectivity index (χ4n) is 3.02. The van der Waals surface area contributed by atoms with Gasteiger partial charge in [-0.05, 0) is 44.4 Å². The Balaban J connectivity index is 0.00000264. The first kappa shape index (κ1) is 19.8. The van der Waals surface area contributed by atoms with Gasteiger partial charge in [-0.2, -0.15) is 0 Å². The topological polar surface area (TPSA) is 58.4 Å². The molecule has 1 heterocycles. The Kier molecular flexibility index (Phi) is 7.86. The Morgan fingerprint density at radius 2 is 1.91 bits per heavy atom. The van der Waals surface area contributed by atoms with Gasteiger partial charge in [0.2, 0.25) is 5.91 Å². The van der Waals surface area contributed by atoms with Gasteiger partial charge in [0.05, 0.1) is 5.54 Å². The Bertz CT molecular complexity index is 497. The van der Waals surface area contributed by atoms with Gasteiger partial charge in [-0.3, -0.25) is 4.79 Å². The van der Waals surface area contributed by atoms with Crippen LogP contribution in [0.4, 0.5) is 11.4 Å². The monoisotopic (exact) mass is 339 g/mol. The molecule has 1 amide bonds. The summed E-state index contributed by atoms with van der Waals surface area (Å²) in [4.78, 5) is 14.7. The average Bonchev–Trinajstić information content (AvgIpc) is 2.76. The number of hydrogen-bond acceptors (Lipinski definition) is 3. The molecule has 0 bridgehead atoms. The van der Waals surface area contributed by atoms with Crippen LogP contribution in [-0.2, 0) is 4.79 Å². The second-order valence-corrected chi connectivity index (χ2v) is 6.57. The maximum atomic E-state index is 12.3. The van der Waals surface area contributed by atoms with Crippen molar-refractivity contribution in [3.8, 4) is 0 Å². The van der Waals surface area contributed by atoms with Crippen LogP contribution in [0.2, 0.25) is 0 Å². The number of carbonyl (C=O) groups is 1. The third kappa shape index (κ3) is 5.70. The molecule has 3 N–H and O–H groups in total. The number of anilines is 2. The van der Waals surface area contributed by atoms with E-state index in [1.807, 2.05) is 19.1 Å². The van der Waals surface area contributed by atoms with E-state index in [0.29, 0.717) is 6.42 Å². The highest BCUT2D eigenvalue weighted by Gasteiger charge is 2.27. The minimum absolute atomic E-state index is 0. The molecule has 0 saturated carbocycles. The molecule has 0 aromatic heterocycles. The molecule has 1 unspecified atom stereocenters. The lowest BCUT2D eigenvalue weighted by Crippen LogP contribution is -2.48.